The average Bonchev–Trinajstić information content (AvgIpc) is 2.87. The Labute approximate surface area is 162 Å². The Bertz CT molecular complexity index is 544. The Kier molecular flexibility index (Phi) is 9.09. The molecule has 0 saturated carbocycles. The van der Waals surface area contributed by atoms with Crippen LogP contribution in [0.25, 0.3) is 0 Å². The Hall–Kier alpha value is -1.76. The molecule has 3 amide bonds. The van der Waals surface area contributed by atoms with Crippen molar-refractivity contribution in [2.24, 2.45) is 17.3 Å². The van der Waals surface area contributed by atoms with Crippen LogP contribution in [0.4, 0.5) is 0 Å². The average molecular weight is 383 g/mol. The van der Waals surface area contributed by atoms with Crippen LogP contribution in [-0.2, 0) is 23.9 Å². The lowest BCUT2D eigenvalue weighted by molar-refractivity contribution is -0.140. The molecule has 1 saturated heterocycles. The molecule has 1 aliphatic rings. The number of rotatable bonds is 12. The lowest BCUT2D eigenvalue weighted by Crippen LogP contribution is -2.36. The second-order valence-electron chi connectivity index (χ2n) is 8.36. The number of imide groups is 1. The van der Waals surface area contributed by atoms with E-state index < -0.39 is 0 Å². The maximum atomic E-state index is 12.2. The molecule has 154 valence electrons. The summed E-state index contributed by atoms with van der Waals surface area (Å²) >= 11 is 0. The summed E-state index contributed by atoms with van der Waals surface area (Å²) < 4.78 is 5.66. The number of nitrogens with one attached hydrogen (secondary N) is 1. The zero-order valence-electron chi connectivity index (χ0n) is 17.2. The van der Waals surface area contributed by atoms with Crippen LogP contribution in [0.2, 0.25) is 0 Å². The maximum Gasteiger partial charge on any atom is 0.233 e. The predicted octanol–water partition coefficient (Wildman–Crippen LogP) is 1.93. The first-order chi connectivity index (χ1) is 12.6. The minimum absolute atomic E-state index is 0.0266. The van der Waals surface area contributed by atoms with Gasteiger partial charge in [0.2, 0.25) is 17.7 Å². The zero-order chi connectivity index (χ0) is 20.6. The summed E-state index contributed by atoms with van der Waals surface area (Å²) in [5.74, 6) is -0.672. The highest BCUT2D eigenvalue weighted by Gasteiger charge is 2.39. The van der Waals surface area contributed by atoms with Gasteiger partial charge < -0.3 is 14.8 Å². The molecular formula is C20H34N2O5. The van der Waals surface area contributed by atoms with Gasteiger partial charge in [-0.3, -0.25) is 19.3 Å². The molecule has 1 N–H and O–H groups in total. The van der Waals surface area contributed by atoms with E-state index in [-0.39, 0.29) is 60.5 Å². The number of aldehydes is 1. The Morgan fingerprint density at radius 3 is 2.56 bits per heavy atom. The van der Waals surface area contributed by atoms with Gasteiger partial charge in [-0.2, -0.15) is 0 Å². The van der Waals surface area contributed by atoms with Crippen LogP contribution in [0, 0.1) is 17.3 Å². The summed E-state index contributed by atoms with van der Waals surface area (Å²) in [4.78, 5) is 48.2. The van der Waals surface area contributed by atoms with Crippen molar-refractivity contribution < 1.29 is 23.9 Å². The molecule has 1 rings (SSSR count). The van der Waals surface area contributed by atoms with Crippen molar-refractivity contribution in [3.8, 4) is 0 Å². The van der Waals surface area contributed by atoms with Crippen molar-refractivity contribution in [3.05, 3.63) is 0 Å². The largest absolute Gasteiger partial charge is 0.378 e. The number of likely N-dealkylation sites (tertiary alicyclic amines) is 1. The number of amides is 3. The highest BCUT2D eigenvalue weighted by atomic mass is 16.5. The number of nitrogens with zero attached hydrogens (tertiary/aromatic N) is 1. The smallest absolute Gasteiger partial charge is 0.233 e. The van der Waals surface area contributed by atoms with E-state index in [2.05, 4.69) is 5.32 Å². The maximum absolute atomic E-state index is 12.2. The summed E-state index contributed by atoms with van der Waals surface area (Å²) in [6.45, 7) is 10.6. The Balaban J connectivity index is 2.21. The SMILES string of the molecule is CC(CCNC(=O)CCN1C(=O)CC(C(C)C)C1=O)OCCC(C)(C)C=O. The summed E-state index contributed by atoms with van der Waals surface area (Å²) in [6.07, 6.45) is 2.58. The molecule has 7 heteroatoms. The number of hydrogen-bond donors (Lipinski definition) is 1. The number of ether oxygens (including phenoxy) is 1. The molecule has 7 nitrogen and oxygen atoms in total. The molecule has 0 aliphatic carbocycles. The third kappa shape index (κ3) is 7.79. The highest BCUT2D eigenvalue weighted by Crippen LogP contribution is 2.26. The summed E-state index contributed by atoms with van der Waals surface area (Å²) in [7, 11) is 0. The first-order valence-electron chi connectivity index (χ1n) is 9.76. The summed E-state index contributed by atoms with van der Waals surface area (Å²) in [5.41, 5.74) is -0.382. The first-order valence-corrected chi connectivity index (χ1v) is 9.76. The van der Waals surface area contributed by atoms with Crippen molar-refractivity contribution >= 4 is 24.0 Å². The minimum atomic E-state index is -0.382. The Morgan fingerprint density at radius 2 is 2.00 bits per heavy atom. The molecule has 0 aromatic carbocycles. The van der Waals surface area contributed by atoms with Gasteiger partial charge in [0.1, 0.15) is 6.29 Å². The van der Waals surface area contributed by atoms with E-state index in [1.807, 2.05) is 34.6 Å². The molecule has 1 heterocycles. The molecule has 1 fully saturated rings. The fraction of sp³-hybridized carbons (Fsp3) is 0.800. The number of carbonyl (C=O) groups excluding carboxylic acids is 4. The van der Waals surface area contributed by atoms with E-state index in [1.54, 1.807) is 0 Å². The van der Waals surface area contributed by atoms with Crippen molar-refractivity contribution in [2.45, 2.75) is 66.4 Å². The molecule has 1 aliphatic heterocycles. The van der Waals surface area contributed by atoms with Crippen LogP contribution in [-0.4, -0.2) is 54.7 Å². The van der Waals surface area contributed by atoms with Crippen LogP contribution in [0.3, 0.4) is 0 Å². The molecular weight excluding hydrogens is 348 g/mol. The quantitative estimate of drug-likeness (QED) is 0.411. The molecule has 2 unspecified atom stereocenters. The van der Waals surface area contributed by atoms with E-state index >= 15 is 0 Å². The lowest BCUT2D eigenvalue weighted by Gasteiger charge is -2.19. The van der Waals surface area contributed by atoms with Gasteiger partial charge in [-0.15, -0.1) is 0 Å². The summed E-state index contributed by atoms with van der Waals surface area (Å²) in [5, 5.41) is 2.79. The van der Waals surface area contributed by atoms with E-state index in [1.165, 1.54) is 4.90 Å². The van der Waals surface area contributed by atoms with Gasteiger partial charge >= 0.3 is 0 Å². The second-order valence-corrected chi connectivity index (χ2v) is 8.36. The topological polar surface area (TPSA) is 92.8 Å². The fourth-order valence-corrected chi connectivity index (χ4v) is 2.85. The van der Waals surface area contributed by atoms with Crippen LogP contribution >= 0.6 is 0 Å². The molecule has 0 aromatic heterocycles. The minimum Gasteiger partial charge on any atom is -0.378 e. The van der Waals surface area contributed by atoms with E-state index in [0.29, 0.717) is 26.0 Å². The van der Waals surface area contributed by atoms with Crippen LogP contribution in [0.1, 0.15) is 60.3 Å². The summed E-state index contributed by atoms with van der Waals surface area (Å²) in [6, 6.07) is 0. The van der Waals surface area contributed by atoms with Crippen LogP contribution < -0.4 is 5.32 Å². The monoisotopic (exact) mass is 382 g/mol. The van der Waals surface area contributed by atoms with Crippen molar-refractivity contribution in [2.75, 3.05) is 19.7 Å². The van der Waals surface area contributed by atoms with Gasteiger partial charge in [0.25, 0.3) is 0 Å². The van der Waals surface area contributed by atoms with Gasteiger partial charge in [0, 0.05) is 43.9 Å². The van der Waals surface area contributed by atoms with E-state index in [4.69, 9.17) is 4.74 Å². The standard InChI is InChI=1S/C20H34N2O5/c1-14(2)16-12-18(25)22(19(16)26)10-7-17(24)21-9-6-15(3)27-11-8-20(4,5)13-23/h13-16H,6-12H2,1-5H3,(H,21,24). The van der Waals surface area contributed by atoms with Crippen molar-refractivity contribution in [1.82, 2.24) is 10.2 Å². The van der Waals surface area contributed by atoms with E-state index in [0.717, 1.165) is 6.29 Å². The first kappa shape index (κ1) is 23.3. The van der Waals surface area contributed by atoms with Crippen LogP contribution in [0.15, 0.2) is 0 Å². The van der Waals surface area contributed by atoms with Gasteiger partial charge in [0.05, 0.1) is 6.10 Å². The van der Waals surface area contributed by atoms with Gasteiger partial charge in [-0.1, -0.05) is 27.7 Å². The van der Waals surface area contributed by atoms with E-state index in [9.17, 15) is 19.2 Å². The molecule has 0 aromatic rings. The third-order valence-corrected chi connectivity index (χ3v) is 4.99. The second kappa shape index (κ2) is 10.5. The third-order valence-electron chi connectivity index (χ3n) is 4.99. The predicted molar refractivity (Wildman–Crippen MR) is 102 cm³/mol. The zero-order valence-corrected chi connectivity index (χ0v) is 17.2. The van der Waals surface area contributed by atoms with Gasteiger partial charge in [0.15, 0.2) is 0 Å². The van der Waals surface area contributed by atoms with Gasteiger partial charge in [-0.25, -0.2) is 0 Å². The number of hydrogen-bond acceptors (Lipinski definition) is 5. The molecule has 2 atom stereocenters. The fourth-order valence-electron chi connectivity index (χ4n) is 2.85. The molecule has 0 spiro atoms. The normalized spacial score (nSPS) is 18.9. The highest BCUT2D eigenvalue weighted by molar-refractivity contribution is 6.03. The van der Waals surface area contributed by atoms with Gasteiger partial charge in [-0.05, 0) is 25.7 Å². The Morgan fingerprint density at radius 1 is 1.33 bits per heavy atom. The molecule has 27 heavy (non-hydrogen) atoms. The van der Waals surface area contributed by atoms with Crippen molar-refractivity contribution in [1.29, 1.82) is 0 Å². The number of carbonyl (C=O) groups is 4. The van der Waals surface area contributed by atoms with Crippen molar-refractivity contribution in [3.63, 3.8) is 0 Å². The molecule has 0 bridgehead atoms. The lowest BCUT2D eigenvalue weighted by atomic mass is 9.92. The molecule has 0 radical (unpaired) electrons. The van der Waals surface area contributed by atoms with Crippen LogP contribution in [0.5, 0.6) is 0 Å².